The quantitative estimate of drug-likeness (QED) is 0.876. The Morgan fingerprint density at radius 2 is 1.71 bits per heavy atom. The number of methoxy groups -OCH3 is 1. The Bertz CT molecular complexity index is 576. The molecule has 2 rings (SSSR count). The van der Waals surface area contributed by atoms with Gasteiger partial charge in [-0.05, 0) is 54.3 Å². The van der Waals surface area contributed by atoms with Crippen molar-refractivity contribution in [3.63, 3.8) is 0 Å². The lowest BCUT2D eigenvalue weighted by Crippen LogP contribution is -2.02. The molecule has 0 saturated carbocycles. The smallest absolute Gasteiger partial charge is 0.119 e. The molecule has 0 aliphatic carbocycles. The summed E-state index contributed by atoms with van der Waals surface area (Å²) in [5.41, 5.74) is 2.75. The topological polar surface area (TPSA) is 38.7 Å². The molecule has 2 aromatic carbocycles. The molecule has 0 saturated heterocycles. The molecular weight excluding hydrogens is 264 g/mol. The molecule has 112 valence electrons. The molecule has 1 N–H and O–H groups in total. The predicted molar refractivity (Wildman–Crippen MR) is 84.0 cm³/mol. The van der Waals surface area contributed by atoms with E-state index in [1.54, 1.807) is 7.11 Å². The Labute approximate surface area is 126 Å². The molecule has 0 fully saturated rings. The fourth-order valence-corrected chi connectivity index (χ4v) is 2.23. The number of ether oxygens (including phenoxy) is 2. The van der Waals surface area contributed by atoms with E-state index in [2.05, 4.69) is 6.92 Å². The summed E-state index contributed by atoms with van der Waals surface area (Å²) >= 11 is 0. The maximum Gasteiger partial charge on any atom is 0.119 e. The van der Waals surface area contributed by atoms with E-state index in [9.17, 15) is 5.11 Å². The number of benzene rings is 2. The predicted octanol–water partition coefficient (Wildman–Crippen LogP) is 3.87. The van der Waals surface area contributed by atoms with Gasteiger partial charge in [-0.1, -0.05) is 25.1 Å². The minimum Gasteiger partial charge on any atom is -0.497 e. The van der Waals surface area contributed by atoms with Crippen molar-refractivity contribution in [3.8, 4) is 11.5 Å². The number of aliphatic hydroxyl groups is 1. The van der Waals surface area contributed by atoms with Crippen LogP contribution in [0.2, 0.25) is 0 Å². The molecule has 0 spiro atoms. The fourth-order valence-electron chi connectivity index (χ4n) is 2.23. The minimum atomic E-state index is -0.642. The van der Waals surface area contributed by atoms with Crippen LogP contribution in [0.3, 0.4) is 0 Å². The Kier molecular flexibility index (Phi) is 5.23. The average Bonchev–Trinajstić information content (AvgIpc) is 2.52. The molecular formula is C18H22O3. The van der Waals surface area contributed by atoms with Crippen molar-refractivity contribution in [1.82, 2.24) is 0 Å². The normalized spacial score (nSPS) is 12.0. The SMILES string of the molecule is CCCOc1ccc(C(O)c2ccc(OC)cc2C)cc1. The molecule has 0 bridgehead atoms. The molecule has 21 heavy (non-hydrogen) atoms. The van der Waals surface area contributed by atoms with Crippen LogP contribution in [0.1, 0.15) is 36.1 Å². The summed E-state index contributed by atoms with van der Waals surface area (Å²) in [6.07, 6.45) is 0.339. The molecule has 0 amide bonds. The van der Waals surface area contributed by atoms with E-state index in [0.717, 1.165) is 34.6 Å². The third-order valence-corrected chi connectivity index (χ3v) is 3.44. The van der Waals surface area contributed by atoms with Gasteiger partial charge in [-0.2, -0.15) is 0 Å². The van der Waals surface area contributed by atoms with Crippen molar-refractivity contribution in [2.45, 2.75) is 26.4 Å². The van der Waals surface area contributed by atoms with Gasteiger partial charge in [0, 0.05) is 0 Å². The zero-order valence-electron chi connectivity index (χ0n) is 12.8. The molecule has 0 aromatic heterocycles. The summed E-state index contributed by atoms with van der Waals surface area (Å²) in [6, 6.07) is 13.3. The first-order chi connectivity index (χ1) is 10.2. The van der Waals surface area contributed by atoms with Crippen LogP contribution in [0.4, 0.5) is 0 Å². The van der Waals surface area contributed by atoms with Crippen LogP contribution < -0.4 is 9.47 Å². The van der Waals surface area contributed by atoms with Gasteiger partial charge < -0.3 is 14.6 Å². The lowest BCUT2D eigenvalue weighted by molar-refractivity contribution is 0.219. The standard InChI is InChI=1S/C18H22O3/c1-4-11-21-15-7-5-14(6-8-15)18(19)17-10-9-16(20-3)12-13(17)2/h5-10,12,18-19H,4,11H2,1-3H3. The van der Waals surface area contributed by atoms with Gasteiger partial charge in [0.05, 0.1) is 13.7 Å². The third kappa shape index (κ3) is 3.76. The van der Waals surface area contributed by atoms with E-state index in [0.29, 0.717) is 6.61 Å². The molecule has 0 aliphatic rings. The van der Waals surface area contributed by atoms with E-state index in [1.165, 1.54) is 0 Å². The number of hydrogen-bond acceptors (Lipinski definition) is 3. The Morgan fingerprint density at radius 3 is 2.29 bits per heavy atom. The van der Waals surface area contributed by atoms with E-state index < -0.39 is 6.10 Å². The first-order valence-electron chi connectivity index (χ1n) is 7.21. The van der Waals surface area contributed by atoms with Crippen LogP contribution >= 0.6 is 0 Å². The molecule has 3 nitrogen and oxygen atoms in total. The number of aliphatic hydroxyl groups excluding tert-OH is 1. The van der Waals surface area contributed by atoms with Gasteiger partial charge in [0.1, 0.15) is 17.6 Å². The molecule has 0 radical (unpaired) electrons. The molecule has 1 atom stereocenters. The molecule has 0 heterocycles. The Hall–Kier alpha value is -2.00. The molecule has 3 heteroatoms. The summed E-state index contributed by atoms with van der Waals surface area (Å²) < 4.78 is 10.7. The highest BCUT2D eigenvalue weighted by atomic mass is 16.5. The van der Waals surface area contributed by atoms with Crippen LogP contribution in [-0.4, -0.2) is 18.8 Å². The Morgan fingerprint density at radius 1 is 1.05 bits per heavy atom. The summed E-state index contributed by atoms with van der Waals surface area (Å²) in [6.45, 7) is 4.75. The van der Waals surface area contributed by atoms with Gasteiger partial charge in [0.25, 0.3) is 0 Å². The van der Waals surface area contributed by atoms with Gasteiger partial charge >= 0.3 is 0 Å². The van der Waals surface area contributed by atoms with Gasteiger partial charge in [-0.15, -0.1) is 0 Å². The second-order valence-electron chi connectivity index (χ2n) is 5.04. The monoisotopic (exact) mass is 286 g/mol. The van der Waals surface area contributed by atoms with Crippen LogP contribution in [0.15, 0.2) is 42.5 Å². The zero-order chi connectivity index (χ0) is 15.2. The van der Waals surface area contributed by atoms with Crippen LogP contribution in [0.25, 0.3) is 0 Å². The maximum atomic E-state index is 10.5. The van der Waals surface area contributed by atoms with Crippen molar-refractivity contribution in [2.75, 3.05) is 13.7 Å². The first-order valence-corrected chi connectivity index (χ1v) is 7.21. The largest absolute Gasteiger partial charge is 0.497 e. The third-order valence-electron chi connectivity index (χ3n) is 3.44. The highest BCUT2D eigenvalue weighted by Crippen LogP contribution is 2.28. The van der Waals surface area contributed by atoms with Crippen molar-refractivity contribution < 1.29 is 14.6 Å². The second kappa shape index (κ2) is 7.14. The van der Waals surface area contributed by atoms with Crippen molar-refractivity contribution >= 4 is 0 Å². The summed E-state index contributed by atoms with van der Waals surface area (Å²) in [7, 11) is 1.64. The highest BCUT2D eigenvalue weighted by molar-refractivity contribution is 5.41. The van der Waals surface area contributed by atoms with Crippen molar-refractivity contribution in [1.29, 1.82) is 0 Å². The van der Waals surface area contributed by atoms with Crippen LogP contribution in [0.5, 0.6) is 11.5 Å². The summed E-state index contributed by atoms with van der Waals surface area (Å²) in [5, 5.41) is 10.5. The zero-order valence-corrected chi connectivity index (χ0v) is 12.8. The fraction of sp³-hybridized carbons (Fsp3) is 0.333. The van der Waals surface area contributed by atoms with Gasteiger partial charge in [0.15, 0.2) is 0 Å². The van der Waals surface area contributed by atoms with Crippen LogP contribution in [-0.2, 0) is 0 Å². The lowest BCUT2D eigenvalue weighted by atomic mass is 9.97. The molecule has 2 aromatic rings. The maximum absolute atomic E-state index is 10.5. The molecule has 0 aliphatic heterocycles. The molecule has 1 unspecified atom stereocenters. The minimum absolute atomic E-state index is 0.642. The number of aryl methyl sites for hydroxylation is 1. The van der Waals surface area contributed by atoms with E-state index >= 15 is 0 Å². The second-order valence-corrected chi connectivity index (χ2v) is 5.04. The van der Waals surface area contributed by atoms with E-state index in [1.807, 2.05) is 49.4 Å². The first kappa shape index (κ1) is 15.4. The van der Waals surface area contributed by atoms with Crippen molar-refractivity contribution in [2.24, 2.45) is 0 Å². The van der Waals surface area contributed by atoms with E-state index in [-0.39, 0.29) is 0 Å². The summed E-state index contributed by atoms with van der Waals surface area (Å²) in [5.74, 6) is 1.63. The van der Waals surface area contributed by atoms with Gasteiger partial charge in [-0.25, -0.2) is 0 Å². The van der Waals surface area contributed by atoms with Gasteiger partial charge in [0.2, 0.25) is 0 Å². The van der Waals surface area contributed by atoms with Crippen LogP contribution in [0, 0.1) is 6.92 Å². The highest BCUT2D eigenvalue weighted by Gasteiger charge is 2.13. The van der Waals surface area contributed by atoms with E-state index in [4.69, 9.17) is 9.47 Å². The lowest BCUT2D eigenvalue weighted by Gasteiger charge is -2.15. The number of hydrogen-bond donors (Lipinski definition) is 1. The number of rotatable bonds is 6. The van der Waals surface area contributed by atoms with Crippen molar-refractivity contribution in [3.05, 3.63) is 59.2 Å². The average molecular weight is 286 g/mol. The van der Waals surface area contributed by atoms with Gasteiger partial charge in [-0.3, -0.25) is 0 Å². The summed E-state index contributed by atoms with van der Waals surface area (Å²) in [4.78, 5) is 0. The Balaban J connectivity index is 2.17.